The molecule has 1 saturated heterocycles. The maximum Gasteiger partial charge on any atom is 0.419 e. The summed E-state index contributed by atoms with van der Waals surface area (Å²) in [6, 6.07) is 2.53. The number of nitrogens with zero attached hydrogens (tertiary/aromatic N) is 3. The van der Waals surface area contributed by atoms with E-state index in [9.17, 15) is 27.5 Å². The Morgan fingerprint density at radius 2 is 1.97 bits per heavy atom. The van der Waals surface area contributed by atoms with Gasteiger partial charge in [0.25, 0.3) is 0 Å². The summed E-state index contributed by atoms with van der Waals surface area (Å²) in [4.78, 5) is 17.9. The van der Waals surface area contributed by atoms with E-state index in [1.165, 1.54) is 15.7 Å². The Morgan fingerprint density at radius 3 is 2.55 bits per heavy atom. The third kappa shape index (κ3) is 5.82. The summed E-state index contributed by atoms with van der Waals surface area (Å²) in [6.07, 6.45) is -5.40. The number of piperidine rings is 1. The smallest absolute Gasteiger partial charge is 0.419 e. The van der Waals surface area contributed by atoms with E-state index in [1.807, 2.05) is 0 Å². The molecule has 1 aliphatic rings. The molecule has 1 aromatic heterocycles. The molecule has 0 saturated carbocycles. The number of carbonyl (C=O) groups is 1. The first-order valence-corrected chi connectivity index (χ1v) is 10.5. The average molecular weight is 475 g/mol. The molecule has 1 amide bonds. The van der Waals surface area contributed by atoms with Gasteiger partial charge in [0.1, 0.15) is 23.4 Å². The number of amides is 1. The number of imidazole rings is 1. The molecule has 1 N–H and O–H groups in total. The predicted molar refractivity (Wildman–Crippen MR) is 110 cm³/mol. The zero-order valence-corrected chi connectivity index (χ0v) is 18.5. The highest BCUT2D eigenvalue weighted by atomic mass is 19.4. The topological polar surface area (TPSA) is 67.6 Å². The molecule has 6 nitrogen and oxygen atoms in total. The number of aliphatic hydroxyl groups excluding tert-OH is 1. The molecule has 0 unspecified atom stereocenters. The van der Waals surface area contributed by atoms with Gasteiger partial charge in [-0.15, -0.1) is 0 Å². The molecule has 2 heterocycles. The van der Waals surface area contributed by atoms with E-state index in [-0.39, 0.29) is 49.7 Å². The maximum atomic E-state index is 15.1. The van der Waals surface area contributed by atoms with Gasteiger partial charge < -0.3 is 19.3 Å². The largest absolute Gasteiger partial charge is 0.444 e. The monoisotopic (exact) mass is 475 g/mol. The van der Waals surface area contributed by atoms with Gasteiger partial charge in [0.05, 0.1) is 30.3 Å². The minimum absolute atomic E-state index is 0.0169. The molecule has 3 rings (SSSR count). The second kappa shape index (κ2) is 9.28. The molecule has 1 aliphatic heterocycles. The van der Waals surface area contributed by atoms with E-state index in [2.05, 4.69) is 4.98 Å². The van der Waals surface area contributed by atoms with Gasteiger partial charge in [0.15, 0.2) is 0 Å². The van der Waals surface area contributed by atoms with Crippen molar-refractivity contribution in [1.82, 2.24) is 14.5 Å². The molecular formula is C22H26F5N3O3. The number of carbonyl (C=O) groups excluding carboxylic acids is 1. The number of benzene rings is 1. The number of hydrogen-bond acceptors (Lipinski definition) is 4. The van der Waals surface area contributed by atoms with Gasteiger partial charge in [0, 0.05) is 24.8 Å². The first-order valence-electron chi connectivity index (χ1n) is 10.5. The Labute approximate surface area is 188 Å². The van der Waals surface area contributed by atoms with Gasteiger partial charge in [-0.25, -0.2) is 18.6 Å². The fourth-order valence-corrected chi connectivity index (χ4v) is 3.74. The van der Waals surface area contributed by atoms with Crippen LogP contribution in [0.15, 0.2) is 24.4 Å². The molecule has 182 valence electrons. The van der Waals surface area contributed by atoms with Crippen LogP contribution in [0.4, 0.5) is 26.7 Å². The van der Waals surface area contributed by atoms with Crippen LogP contribution >= 0.6 is 0 Å². The Balaban J connectivity index is 1.87. The molecule has 2 aromatic rings. The zero-order chi connectivity index (χ0) is 24.6. The van der Waals surface area contributed by atoms with Crippen LogP contribution in [0.25, 0.3) is 11.3 Å². The van der Waals surface area contributed by atoms with Crippen LogP contribution in [0.5, 0.6) is 0 Å². The molecule has 0 bridgehead atoms. The van der Waals surface area contributed by atoms with Crippen molar-refractivity contribution in [2.45, 2.75) is 57.6 Å². The van der Waals surface area contributed by atoms with Gasteiger partial charge >= 0.3 is 12.3 Å². The van der Waals surface area contributed by atoms with E-state index < -0.39 is 41.3 Å². The molecule has 0 spiro atoms. The van der Waals surface area contributed by atoms with Crippen LogP contribution in [-0.2, 0) is 17.5 Å². The lowest BCUT2D eigenvalue weighted by atomic mass is 9.94. The fraction of sp³-hybridized carbons (Fsp3) is 0.545. The highest BCUT2D eigenvalue weighted by Crippen LogP contribution is 2.36. The third-order valence-corrected chi connectivity index (χ3v) is 5.24. The first-order chi connectivity index (χ1) is 15.3. The van der Waals surface area contributed by atoms with Crippen molar-refractivity contribution in [3.8, 4) is 11.3 Å². The highest BCUT2D eigenvalue weighted by molar-refractivity contribution is 5.68. The molecule has 1 fully saturated rings. The summed E-state index contributed by atoms with van der Waals surface area (Å²) in [6.45, 7) is 4.85. The van der Waals surface area contributed by atoms with Crippen molar-refractivity contribution in [3.63, 3.8) is 0 Å². The molecular weight excluding hydrogens is 449 g/mol. The molecule has 11 heteroatoms. The van der Waals surface area contributed by atoms with Crippen LogP contribution in [0.1, 0.15) is 44.5 Å². The molecule has 0 aliphatic carbocycles. The molecule has 33 heavy (non-hydrogen) atoms. The van der Waals surface area contributed by atoms with E-state index in [0.29, 0.717) is 12.1 Å². The number of aliphatic hydroxyl groups is 1. The standard InChI is InChI=1S/C22H26F5N3O3/c1-21(2,3)33-20(32)30-7-6-14(17(24)11-30)19-28-18(12-29(19)8-9-31)13-4-5-16(23)15(10-13)22(25,26)27/h4-5,10,12,14,17,31H,6-9,11H2,1-3H3/t14-,17+/m1/s1. The number of rotatable bonds is 4. The lowest BCUT2D eigenvalue weighted by Crippen LogP contribution is -2.46. The summed E-state index contributed by atoms with van der Waals surface area (Å²) in [7, 11) is 0. The van der Waals surface area contributed by atoms with Crippen molar-refractivity contribution in [2.24, 2.45) is 0 Å². The average Bonchev–Trinajstić information content (AvgIpc) is 3.10. The predicted octanol–water partition coefficient (Wildman–Crippen LogP) is 4.76. The normalized spacial score (nSPS) is 19.6. The summed E-state index contributed by atoms with van der Waals surface area (Å²) in [5.41, 5.74) is -2.03. The number of aromatic nitrogens is 2. The number of likely N-dealkylation sites (tertiary alicyclic amines) is 1. The van der Waals surface area contributed by atoms with Gasteiger partial charge in [0.2, 0.25) is 0 Å². The zero-order valence-electron chi connectivity index (χ0n) is 18.5. The number of halogens is 5. The minimum atomic E-state index is -4.88. The summed E-state index contributed by atoms with van der Waals surface area (Å²) in [5, 5.41) is 9.39. The lowest BCUT2D eigenvalue weighted by molar-refractivity contribution is -0.139. The third-order valence-electron chi connectivity index (χ3n) is 5.24. The number of alkyl halides is 4. The van der Waals surface area contributed by atoms with E-state index in [1.54, 1.807) is 20.8 Å². The Morgan fingerprint density at radius 1 is 1.27 bits per heavy atom. The van der Waals surface area contributed by atoms with Crippen LogP contribution in [-0.4, -0.2) is 57.1 Å². The summed E-state index contributed by atoms with van der Waals surface area (Å²) < 4.78 is 74.9. The van der Waals surface area contributed by atoms with Gasteiger partial charge in [-0.1, -0.05) is 0 Å². The van der Waals surface area contributed by atoms with Crippen molar-refractivity contribution in [3.05, 3.63) is 41.6 Å². The quantitative estimate of drug-likeness (QED) is 0.648. The van der Waals surface area contributed by atoms with Gasteiger partial charge in [-0.3, -0.25) is 0 Å². The van der Waals surface area contributed by atoms with E-state index in [0.717, 1.165) is 6.07 Å². The Kier molecular flexibility index (Phi) is 7.01. The lowest BCUT2D eigenvalue weighted by Gasteiger charge is -2.35. The summed E-state index contributed by atoms with van der Waals surface area (Å²) in [5.74, 6) is -1.90. The van der Waals surface area contributed by atoms with Crippen LogP contribution in [0.3, 0.4) is 0 Å². The second-order valence-electron chi connectivity index (χ2n) is 8.93. The Bertz CT molecular complexity index is 1000. The van der Waals surface area contributed by atoms with Gasteiger partial charge in [-0.05, 0) is 45.4 Å². The highest BCUT2D eigenvalue weighted by Gasteiger charge is 2.37. The van der Waals surface area contributed by atoms with Crippen molar-refractivity contribution < 1.29 is 36.6 Å². The number of hydrogen-bond donors (Lipinski definition) is 1. The van der Waals surface area contributed by atoms with Crippen molar-refractivity contribution in [1.29, 1.82) is 0 Å². The van der Waals surface area contributed by atoms with Crippen LogP contribution in [0, 0.1) is 5.82 Å². The van der Waals surface area contributed by atoms with E-state index >= 15 is 4.39 Å². The van der Waals surface area contributed by atoms with Gasteiger partial charge in [-0.2, -0.15) is 13.2 Å². The Hall–Kier alpha value is -2.69. The molecule has 0 radical (unpaired) electrons. The molecule has 1 aromatic carbocycles. The van der Waals surface area contributed by atoms with Crippen molar-refractivity contribution >= 4 is 6.09 Å². The van der Waals surface area contributed by atoms with E-state index in [4.69, 9.17) is 4.74 Å². The minimum Gasteiger partial charge on any atom is -0.444 e. The first kappa shape index (κ1) is 24.9. The second-order valence-corrected chi connectivity index (χ2v) is 8.93. The SMILES string of the molecule is CC(C)(C)OC(=O)N1CC[C@@H](c2nc(-c3ccc(F)c(C(F)(F)F)c3)cn2CCO)[C@@H](F)C1. The number of ether oxygens (including phenoxy) is 1. The summed E-state index contributed by atoms with van der Waals surface area (Å²) >= 11 is 0. The van der Waals surface area contributed by atoms with Crippen LogP contribution < -0.4 is 0 Å². The fourth-order valence-electron chi connectivity index (χ4n) is 3.74. The maximum absolute atomic E-state index is 15.1. The van der Waals surface area contributed by atoms with Crippen LogP contribution in [0.2, 0.25) is 0 Å². The van der Waals surface area contributed by atoms with Crippen molar-refractivity contribution in [2.75, 3.05) is 19.7 Å². The molecule has 2 atom stereocenters.